The fourth-order valence-electron chi connectivity index (χ4n) is 3.00. The van der Waals surface area contributed by atoms with Gasteiger partial charge < -0.3 is 15.2 Å². The van der Waals surface area contributed by atoms with Crippen LogP contribution in [-0.2, 0) is 0 Å². The van der Waals surface area contributed by atoms with E-state index in [1.807, 2.05) is 19.0 Å². The van der Waals surface area contributed by atoms with E-state index in [4.69, 9.17) is 0 Å². The zero-order valence-electron chi connectivity index (χ0n) is 16.4. The van der Waals surface area contributed by atoms with Crippen LogP contribution < -0.4 is 5.32 Å². The Morgan fingerprint density at radius 2 is 1.87 bits per heavy atom. The Hall–Kier alpha value is -3.59. The summed E-state index contributed by atoms with van der Waals surface area (Å²) >= 11 is 0. The number of amides is 1. The molecule has 1 aromatic heterocycles. The van der Waals surface area contributed by atoms with Crippen molar-refractivity contribution in [3.05, 3.63) is 75.8 Å². The number of H-pyrrole nitrogens is 1. The van der Waals surface area contributed by atoms with Crippen LogP contribution in [0.5, 0.6) is 0 Å². The Balaban J connectivity index is 2.09. The molecule has 30 heavy (non-hydrogen) atoms. The molecule has 2 N–H and O–H groups in total. The van der Waals surface area contributed by atoms with Crippen molar-refractivity contribution in [2.45, 2.75) is 0 Å². The standard InChI is InChI=1S/C21H20F2N4O3/c1-26(2)10-9-24-21(28)15-12-18(13-7-8-16(22)17(23)11-13)25-20(15)14-5-3-4-6-19(14)27(29)30/h3-8,11-12,25H,9-10H2,1-2H3,(H,24,28). The maximum atomic E-state index is 13.7. The Bertz CT molecular complexity index is 1100. The van der Waals surface area contributed by atoms with Crippen molar-refractivity contribution in [1.29, 1.82) is 0 Å². The molecule has 0 radical (unpaired) electrons. The van der Waals surface area contributed by atoms with Crippen molar-refractivity contribution >= 4 is 11.6 Å². The number of rotatable bonds is 7. The highest BCUT2D eigenvalue weighted by Gasteiger charge is 2.23. The number of nitro groups is 1. The van der Waals surface area contributed by atoms with Gasteiger partial charge in [0.15, 0.2) is 11.6 Å². The summed E-state index contributed by atoms with van der Waals surface area (Å²) < 4.78 is 27.0. The summed E-state index contributed by atoms with van der Waals surface area (Å²) in [5.41, 5.74) is 1.07. The summed E-state index contributed by atoms with van der Waals surface area (Å²) in [5, 5.41) is 14.2. The first-order valence-corrected chi connectivity index (χ1v) is 9.13. The summed E-state index contributed by atoms with van der Waals surface area (Å²) in [5.74, 6) is -2.47. The number of halogens is 2. The van der Waals surface area contributed by atoms with E-state index in [-0.39, 0.29) is 22.5 Å². The van der Waals surface area contributed by atoms with Crippen molar-refractivity contribution in [3.8, 4) is 22.5 Å². The molecule has 3 rings (SSSR count). The number of aromatic amines is 1. The largest absolute Gasteiger partial charge is 0.354 e. The molecule has 0 aliphatic heterocycles. The third-order valence-corrected chi connectivity index (χ3v) is 4.51. The van der Waals surface area contributed by atoms with E-state index in [0.29, 0.717) is 24.3 Å². The minimum Gasteiger partial charge on any atom is -0.354 e. The van der Waals surface area contributed by atoms with E-state index < -0.39 is 22.5 Å². The molecule has 0 unspecified atom stereocenters. The van der Waals surface area contributed by atoms with E-state index in [1.54, 1.807) is 6.07 Å². The minimum atomic E-state index is -1.04. The van der Waals surface area contributed by atoms with E-state index in [0.717, 1.165) is 12.1 Å². The van der Waals surface area contributed by atoms with Crippen LogP contribution in [0.4, 0.5) is 14.5 Å². The van der Waals surface area contributed by atoms with Gasteiger partial charge in [0.05, 0.1) is 21.7 Å². The van der Waals surface area contributed by atoms with Crippen molar-refractivity contribution in [1.82, 2.24) is 15.2 Å². The SMILES string of the molecule is CN(C)CCNC(=O)c1cc(-c2ccc(F)c(F)c2)[nH]c1-c1ccccc1[N+](=O)[O-]. The highest BCUT2D eigenvalue weighted by Crippen LogP contribution is 2.34. The fraction of sp³-hybridized carbons (Fsp3) is 0.190. The monoisotopic (exact) mass is 414 g/mol. The summed E-state index contributed by atoms with van der Waals surface area (Å²) in [6, 6.07) is 10.8. The molecule has 0 aliphatic carbocycles. The minimum absolute atomic E-state index is 0.169. The van der Waals surface area contributed by atoms with Gasteiger partial charge in [-0.1, -0.05) is 12.1 Å². The van der Waals surface area contributed by atoms with Gasteiger partial charge in [-0.15, -0.1) is 0 Å². The van der Waals surface area contributed by atoms with Gasteiger partial charge in [-0.3, -0.25) is 14.9 Å². The molecular weight excluding hydrogens is 394 g/mol. The molecule has 2 aromatic carbocycles. The summed E-state index contributed by atoms with van der Waals surface area (Å²) in [6.07, 6.45) is 0. The van der Waals surface area contributed by atoms with E-state index >= 15 is 0 Å². The number of likely N-dealkylation sites (N-methyl/N-ethyl adjacent to an activating group) is 1. The zero-order chi connectivity index (χ0) is 21.8. The number of nitrogens with zero attached hydrogens (tertiary/aromatic N) is 2. The first kappa shape index (κ1) is 21.1. The molecule has 0 saturated carbocycles. The van der Waals surface area contributed by atoms with Crippen LogP contribution in [0.2, 0.25) is 0 Å². The smallest absolute Gasteiger partial charge is 0.278 e. The van der Waals surface area contributed by atoms with Crippen molar-refractivity contribution < 1.29 is 18.5 Å². The van der Waals surface area contributed by atoms with Crippen LogP contribution in [0.3, 0.4) is 0 Å². The lowest BCUT2D eigenvalue weighted by Crippen LogP contribution is -2.31. The maximum absolute atomic E-state index is 13.7. The number of carbonyl (C=O) groups excluding carboxylic acids is 1. The lowest BCUT2D eigenvalue weighted by atomic mass is 10.1. The highest BCUT2D eigenvalue weighted by molar-refractivity contribution is 6.02. The summed E-state index contributed by atoms with van der Waals surface area (Å²) in [7, 11) is 3.73. The van der Waals surface area contributed by atoms with Crippen LogP contribution in [0, 0.1) is 21.7 Å². The molecular formula is C21H20F2N4O3. The first-order chi connectivity index (χ1) is 14.3. The molecule has 0 bridgehead atoms. The van der Waals surface area contributed by atoms with Gasteiger partial charge in [-0.25, -0.2) is 8.78 Å². The van der Waals surface area contributed by atoms with E-state index in [1.165, 1.54) is 30.3 Å². The number of hydrogen-bond donors (Lipinski definition) is 2. The number of hydrogen-bond acceptors (Lipinski definition) is 4. The average Bonchev–Trinajstić information content (AvgIpc) is 3.15. The second-order valence-corrected chi connectivity index (χ2v) is 6.93. The average molecular weight is 414 g/mol. The second-order valence-electron chi connectivity index (χ2n) is 6.93. The van der Waals surface area contributed by atoms with Gasteiger partial charge in [0.1, 0.15) is 0 Å². The lowest BCUT2D eigenvalue weighted by Gasteiger charge is -2.10. The Labute approximate surface area is 171 Å². The molecule has 3 aromatic rings. The predicted octanol–water partition coefficient (Wildman–Crippen LogP) is 3.83. The lowest BCUT2D eigenvalue weighted by molar-refractivity contribution is -0.384. The van der Waals surface area contributed by atoms with Crippen molar-refractivity contribution in [2.24, 2.45) is 0 Å². The molecule has 0 aliphatic rings. The zero-order valence-corrected chi connectivity index (χ0v) is 16.4. The Morgan fingerprint density at radius 1 is 1.13 bits per heavy atom. The predicted molar refractivity (Wildman–Crippen MR) is 109 cm³/mol. The topological polar surface area (TPSA) is 91.3 Å². The fourth-order valence-corrected chi connectivity index (χ4v) is 3.00. The van der Waals surface area contributed by atoms with E-state index in [2.05, 4.69) is 10.3 Å². The van der Waals surface area contributed by atoms with Crippen LogP contribution >= 0.6 is 0 Å². The number of nitrogens with one attached hydrogen (secondary N) is 2. The third-order valence-electron chi connectivity index (χ3n) is 4.51. The van der Waals surface area contributed by atoms with Gasteiger partial charge in [0.25, 0.3) is 11.6 Å². The normalized spacial score (nSPS) is 11.0. The van der Waals surface area contributed by atoms with Crippen LogP contribution in [0.15, 0.2) is 48.5 Å². The molecule has 1 amide bonds. The number of aromatic nitrogens is 1. The summed E-state index contributed by atoms with van der Waals surface area (Å²) in [6.45, 7) is 0.973. The van der Waals surface area contributed by atoms with Gasteiger partial charge in [-0.2, -0.15) is 0 Å². The van der Waals surface area contributed by atoms with Crippen molar-refractivity contribution in [2.75, 3.05) is 27.2 Å². The quantitative estimate of drug-likeness (QED) is 0.454. The molecule has 156 valence electrons. The molecule has 0 saturated heterocycles. The Morgan fingerprint density at radius 3 is 2.53 bits per heavy atom. The number of carbonyl (C=O) groups is 1. The molecule has 7 nitrogen and oxygen atoms in total. The molecule has 0 fully saturated rings. The summed E-state index contributed by atoms with van der Waals surface area (Å²) in [4.78, 5) is 28.6. The van der Waals surface area contributed by atoms with E-state index in [9.17, 15) is 23.7 Å². The van der Waals surface area contributed by atoms with Gasteiger partial charge >= 0.3 is 0 Å². The van der Waals surface area contributed by atoms with Gasteiger partial charge in [-0.05, 0) is 44.4 Å². The number of nitro benzene ring substituents is 1. The van der Waals surface area contributed by atoms with Crippen LogP contribution in [0.25, 0.3) is 22.5 Å². The highest BCUT2D eigenvalue weighted by atomic mass is 19.2. The number of benzene rings is 2. The Kier molecular flexibility index (Phi) is 6.22. The molecule has 0 atom stereocenters. The molecule has 0 spiro atoms. The second kappa shape index (κ2) is 8.83. The third kappa shape index (κ3) is 4.52. The van der Waals surface area contributed by atoms with Gasteiger partial charge in [0.2, 0.25) is 0 Å². The molecule has 1 heterocycles. The van der Waals surface area contributed by atoms with Crippen LogP contribution in [0.1, 0.15) is 10.4 Å². The first-order valence-electron chi connectivity index (χ1n) is 9.13. The van der Waals surface area contributed by atoms with Crippen molar-refractivity contribution in [3.63, 3.8) is 0 Å². The number of para-hydroxylation sites is 1. The maximum Gasteiger partial charge on any atom is 0.278 e. The van der Waals surface area contributed by atoms with Gasteiger partial charge in [0, 0.05) is 30.4 Å². The van der Waals surface area contributed by atoms with Crippen LogP contribution in [-0.4, -0.2) is 47.9 Å². The molecule has 9 heteroatoms.